The van der Waals surface area contributed by atoms with E-state index in [0.717, 1.165) is 25.0 Å². The molecule has 0 radical (unpaired) electrons. The summed E-state index contributed by atoms with van der Waals surface area (Å²) in [6.45, 7) is 1.08. The second kappa shape index (κ2) is 6.13. The van der Waals surface area contributed by atoms with Crippen molar-refractivity contribution in [3.8, 4) is 0 Å². The second-order valence-electron chi connectivity index (χ2n) is 4.24. The number of ether oxygens (including phenoxy) is 1. The summed E-state index contributed by atoms with van der Waals surface area (Å²) < 4.78 is 31.3. The molecule has 0 bridgehead atoms. The second-order valence-corrected chi connectivity index (χ2v) is 5.89. The van der Waals surface area contributed by atoms with E-state index in [1.807, 2.05) is 30.3 Å². The molecule has 0 aromatic heterocycles. The normalized spacial score (nSPS) is 20.6. The Morgan fingerprint density at radius 3 is 2.78 bits per heavy atom. The standard InChI is InChI=1S/C13H17NO3S/c15-18(16,14-11-13-7-4-9-17-13)10-8-12-5-2-1-3-6-12/h1-3,5-6,8,10,13-14H,4,7,9,11H2/b10-8+. The zero-order valence-electron chi connectivity index (χ0n) is 10.1. The summed E-state index contributed by atoms with van der Waals surface area (Å²) in [6.07, 6.45) is 3.53. The maximum absolute atomic E-state index is 11.7. The Labute approximate surface area is 108 Å². The fraction of sp³-hybridized carbons (Fsp3) is 0.385. The summed E-state index contributed by atoms with van der Waals surface area (Å²) >= 11 is 0. The van der Waals surface area contributed by atoms with Gasteiger partial charge in [0.1, 0.15) is 0 Å². The summed E-state index contributed by atoms with van der Waals surface area (Å²) in [5.74, 6) is 0. The van der Waals surface area contributed by atoms with E-state index >= 15 is 0 Å². The third kappa shape index (κ3) is 4.25. The molecular weight excluding hydrogens is 250 g/mol. The number of hydrogen-bond acceptors (Lipinski definition) is 3. The van der Waals surface area contributed by atoms with Gasteiger partial charge in [-0.25, -0.2) is 13.1 Å². The molecule has 1 N–H and O–H groups in total. The molecule has 1 unspecified atom stereocenters. The average molecular weight is 267 g/mol. The van der Waals surface area contributed by atoms with E-state index in [2.05, 4.69) is 4.72 Å². The molecule has 0 aliphatic carbocycles. The molecule has 1 aliphatic rings. The van der Waals surface area contributed by atoms with E-state index in [0.29, 0.717) is 6.54 Å². The molecule has 0 saturated carbocycles. The third-order valence-corrected chi connectivity index (χ3v) is 3.84. The number of sulfonamides is 1. The molecule has 0 amide bonds. The lowest BCUT2D eigenvalue weighted by Crippen LogP contribution is -2.30. The van der Waals surface area contributed by atoms with Crippen LogP contribution in [0.2, 0.25) is 0 Å². The number of benzene rings is 1. The molecule has 18 heavy (non-hydrogen) atoms. The van der Waals surface area contributed by atoms with Crippen LogP contribution in [0.1, 0.15) is 18.4 Å². The van der Waals surface area contributed by atoms with Gasteiger partial charge in [0.25, 0.3) is 0 Å². The Balaban J connectivity index is 1.88. The van der Waals surface area contributed by atoms with Gasteiger partial charge in [-0.3, -0.25) is 0 Å². The van der Waals surface area contributed by atoms with Crippen LogP contribution in [0, 0.1) is 0 Å². The van der Waals surface area contributed by atoms with E-state index in [9.17, 15) is 8.42 Å². The van der Waals surface area contributed by atoms with Crippen LogP contribution in [0.3, 0.4) is 0 Å². The Bertz CT molecular complexity index is 490. The predicted molar refractivity (Wildman–Crippen MR) is 71.4 cm³/mol. The lowest BCUT2D eigenvalue weighted by molar-refractivity contribution is 0.114. The molecule has 1 aliphatic heterocycles. The first-order valence-electron chi connectivity index (χ1n) is 6.00. The van der Waals surface area contributed by atoms with Gasteiger partial charge in [-0.2, -0.15) is 0 Å². The van der Waals surface area contributed by atoms with Crippen LogP contribution in [0.15, 0.2) is 35.7 Å². The lowest BCUT2D eigenvalue weighted by Gasteiger charge is -2.09. The SMILES string of the molecule is O=S(=O)(/C=C/c1ccccc1)NCC1CCCO1. The zero-order valence-corrected chi connectivity index (χ0v) is 10.9. The van der Waals surface area contributed by atoms with E-state index in [1.165, 1.54) is 5.41 Å². The van der Waals surface area contributed by atoms with Gasteiger partial charge in [-0.1, -0.05) is 30.3 Å². The molecule has 1 fully saturated rings. The first kappa shape index (κ1) is 13.3. The highest BCUT2D eigenvalue weighted by Crippen LogP contribution is 2.11. The fourth-order valence-corrected chi connectivity index (χ4v) is 2.65. The molecule has 1 atom stereocenters. The Morgan fingerprint density at radius 2 is 2.11 bits per heavy atom. The van der Waals surface area contributed by atoms with Crippen LogP contribution in [-0.4, -0.2) is 27.7 Å². The van der Waals surface area contributed by atoms with Crippen molar-refractivity contribution in [2.45, 2.75) is 18.9 Å². The molecule has 5 heteroatoms. The number of hydrogen-bond donors (Lipinski definition) is 1. The van der Waals surface area contributed by atoms with Crippen molar-refractivity contribution >= 4 is 16.1 Å². The zero-order chi connectivity index (χ0) is 12.8. The van der Waals surface area contributed by atoms with Gasteiger partial charge in [-0.05, 0) is 24.5 Å². The Hall–Kier alpha value is -1.17. The van der Waals surface area contributed by atoms with Crippen molar-refractivity contribution in [3.05, 3.63) is 41.3 Å². The fourth-order valence-electron chi connectivity index (χ4n) is 1.79. The van der Waals surface area contributed by atoms with Gasteiger partial charge < -0.3 is 4.74 Å². The highest BCUT2D eigenvalue weighted by atomic mass is 32.2. The molecule has 1 heterocycles. The smallest absolute Gasteiger partial charge is 0.233 e. The highest BCUT2D eigenvalue weighted by molar-refractivity contribution is 7.92. The van der Waals surface area contributed by atoms with Crippen molar-refractivity contribution in [3.63, 3.8) is 0 Å². The highest BCUT2D eigenvalue weighted by Gasteiger charge is 2.17. The van der Waals surface area contributed by atoms with Crippen molar-refractivity contribution in [2.24, 2.45) is 0 Å². The molecule has 1 saturated heterocycles. The van der Waals surface area contributed by atoms with Gasteiger partial charge in [-0.15, -0.1) is 0 Å². The number of rotatable bonds is 5. The first-order chi connectivity index (χ1) is 8.66. The molecular formula is C13H17NO3S. The molecule has 2 rings (SSSR count). The van der Waals surface area contributed by atoms with Crippen LogP contribution < -0.4 is 4.72 Å². The van der Waals surface area contributed by atoms with Crippen molar-refractivity contribution < 1.29 is 13.2 Å². The number of nitrogens with one attached hydrogen (secondary N) is 1. The van der Waals surface area contributed by atoms with Crippen LogP contribution in [0.4, 0.5) is 0 Å². The average Bonchev–Trinajstić information content (AvgIpc) is 2.89. The van der Waals surface area contributed by atoms with E-state index in [-0.39, 0.29) is 6.10 Å². The molecule has 0 spiro atoms. The molecule has 1 aromatic carbocycles. The Kier molecular flexibility index (Phi) is 4.52. The summed E-state index contributed by atoms with van der Waals surface area (Å²) in [5.41, 5.74) is 0.861. The molecule has 4 nitrogen and oxygen atoms in total. The summed E-state index contributed by atoms with van der Waals surface area (Å²) in [6, 6.07) is 9.33. The largest absolute Gasteiger partial charge is 0.377 e. The van der Waals surface area contributed by atoms with Crippen LogP contribution >= 0.6 is 0 Å². The monoisotopic (exact) mass is 267 g/mol. The van der Waals surface area contributed by atoms with Gasteiger partial charge in [0.2, 0.25) is 10.0 Å². The third-order valence-electron chi connectivity index (χ3n) is 2.78. The van der Waals surface area contributed by atoms with Gasteiger partial charge in [0, 0.05) is 18.6 Å². The summed E-state index contributed by atoms with van der Waals surface area (Å²) in [5, 5.41) is 1.19. The van der Waals surface area contributed by atoms with E-state index in [4.69, 9.17) is 4.74 Å². The van der Waals surface area contributed by atoms with Gasteiger partial charge in [0.15, 0.2) is 0 Å². The Morgan fingerprint density at radius 1 is 1.33 bits per heavy atom. The van der Waals surface area contributed by atoms with Crippen LogP contribution in [-0.2, 0) is 14.8 Å². The van der Waals surface area contributed by atoms with Crippen molar-refractivity contribution in [1.82, 2.24) is 4.72 Å². The topological polar surface area (TPSA) is 55.4 Å². The van der Waals surface area contributed by atoms with Crippen LogP contribution in [0.25, 0.3) is 6.08 Å². The van der Waals surface area contributed by atoms with Gasteiger partial charge in [0.05, 0.1) is 6.10 Å². The maximum atomic E-state index is 11.7. The first-order valence-corrected chi connectivity index (χ1v) is 7.55. The quantitative estimate of drug-likeness (QED) is 0.884. The molecule has 1 aromatic rings. The van der Waals surface area contributed by atoms with Crippen molar-refractivity contribution in [2.75, 3.05) is 13.2 Å². The maximum Gasteiger partial charge on any atom is 0.233 e. The summed E-state index contributed by atoms with van der Waals surface area (Å²) in [7, 11) is -3.38. The van der Waals surface area contributed by atoms with E-state index < -0.39 is 10.0 Å². The van der Waals surface area contributed by atoms with Gasteiger partial charge >= 0.3 is 0 Å². The van der Waals surface area contributed by atoms with Crippen LogP contribution in [0.5, 0.6) is 0 Å². The lowest BCUT2D eigenvalue weighted by atomic mass is 10.2. The minimum Gasteiger partial charge on any atom is -0.377 e. The predicted octanol–water partition coefficient (Wildman–Crippen LogP) is 1.76. The molecule has 98 valence electrons. The minimum atomic E-state index is -3.38. The summed E-state index contributed by atoms with van der Waals surface area (Å²) in [4.78, 5) is 0. The minimum absolute atomic E-state index is 0.0184. The van der Waals surface area contributed by atoms with E-state index in [1.54, 1.807) is 6.08 Å². The van der Waals surface area contributed by atoms with Crippen molar-refractivity contribution in [1.29, 1.82) is 0 Å².